The fraction of sp³-hybridized carbons (Fsp3) is 0.300. The van der Waals surface area contributed by atoms with Crippen LogP contribution in [0.4, 0.5) is 8.78 Å². The zero-order chi connectivity index (χ0) is 12.6. The fourth-order valence-electron chi connectivity index (χ4n) is 1.39. The molecule has 1 aromatic rings. The Labute approximate surface area is 95.4 Å². The van der Waals surface area contributed by atoms with Gasteiger partial charge in [-0.3, -0.25) is 9.63 Å². The number of halogens is 2. The minimum Gasteiger partial charge on any atom is -0.395 e. The van der Waals surface area contributed by atoms with Crippen LogP contribution >= 0.6 is 0 Å². The van der Waals surface area contributed by atoms with Crippen molar-refractivity contribution in [2.24, 2.45) is 0 Å². The SMILES string of the molecule is CON(C)C(=O)c1cccc2c1OC(F)(F)O2. The van der Waals surface area contributed by atoms with Crippen molar-refractivity contribution in [2.45, 2.75) is 6.29 Å². The van der Waals surface area contributed by atoms with Crippen LogP contribution in [0, 0.1) is 0 Å². The molecular weight excluding hydrogens is 236 g/mol. The van der Waals surface area contributed by atoms with E-state index in [4.69, 9.17) is 0 Å². The molecule has 0 atom stereocenters. The Morgan fingerprint density at radius 1 is 1.41 bits per heavy atom. The van der Waals surface area contributed by atoms with Gasteiger partial charge in [0.25, 0.3) is 5.91 Å². The van der Waals surface area contributed by atoms with Gasteiger partial charge in [0, 0.05) is 7.05 Å². The van der Waals surface area contributed by atoms with Crippen molar-refractivity contribution in [1.29, 1.82) is 0 Å². The number of rotatable bonds is 2. The lowest BCUT2D eigenvalue weighted by Gasteiger charge is -2.14. The largest absolute Gasteiger partial charge is 0.586 e. The van der Waals surface area contributed by atoms with Crippen molar-refractivity contribution in [3.8, 4) is 11.5 Å². The molecule has 1 aliphatic rings. The number of carbonyl (C=O) groups excluding carboxylic acids is 1. The molecule has 0 bridgehead atoms. The predicted octanol–water partition coefficient (Wildman–Crippen LogP) is 1.64. The third-order valence-electron chi connectivity index (χ3n) is 2.22. The molecule has 1 aliphatic heterocycles. The maximum atomic E-state index is 12.9. The molecule has 0 aromatic heterocycles. The first-order valence-corrected chi connectivity index (χ1v) is 4.65. The average Bonchev–Trinajstić information content (AvgIpc) is 2.60. The van der Waals surface area contributed by atoms with Gasteiger partial charge in [-0.05, 0) is 12.1 Å². The molecule has 0 saturated heterocycles. The van der Waals surface area contributed by atoms with E-state index in [9.17, 15) is 13.6 Å². The van der Waals surface area contributed by atoms with Gasteiger partial charge in [-0.15, -0.1) is 8.78 Å². The van der Waals surface area contributed by atoms with Crippen molar-refractivity contribution < 1.29 is 27.9 Å². The lowest BCUT2D eigenvalue weighted by molar-refractivity contribution is -0.286. The van der Waals surface area contributed by atoms with Gasteiger partial charge in [-0.2, -0.15) is 0 Å². The van der Waals surface area contributed by atoms with Gasteiger partial charge >= 0.3 is 6.29 Å². The topological polar surface area (TPSA) is 48.0 Å². The number of carbonyl (C=O) groups is 1. The average molecular weight is 245 g/mol. The molecule has 0 radical (unpaired) electrons. The minimum absolute atomic E-state index is 0.0518. The van der Waals surface area contributed by atoms with Crippen LogP contribution in [0.25, 0.3) is 0 Å². The second-order valence-electron chi connectivity index (χ2n) is 3.29. The Kier molecular flexibility index (Phi) is 2.62. The Balaban J connectivity index is 2.40. The van der Waals surface area contributed by atoms with Gasteiger partial charge < -0.3 is 9.47 Å². The number of nitrogens with zero attached hydrogens (tertiary/aromatic N) is 1. The summed E-state index contributed by atoms with van der Waals surface area (Å²) in [6, 6.07) is 4.06. The highest BCUT2D eigenvalue weighted by Crippen LogP contribution is 2.43. The van der Waals surface area contributed by atoms with E-state index in [1.807, 2.05) is 0 Å². The second-order valence-corrected chi connectivity index (χ2v) is 3.29. The summed E-state index contributed by atoms with van der Waals surface area (Å²) in [7, 11) is 2.64. The minimum atomic E-state index is -3.75. The van der Waals surface area contributed by atoms with E-state index in [2.05, 4.69) is 14.3 Å². The number of para-hydroxylation sites is 1. The second kappa shape index (κ2) is 3.85. The van der Waals surface area contributed by atoms with Crippen molar-refractivity contribution in [2.75, 3.05) is 14.2 Å². The summed E-state index contributed by atoms with van der Waals surface area (Å²) in [6.07, 6.45) is -3.75. The van der Waals surface area contributed by atoms with Crippen LogP contribution in [-0.2, 0) is 4.84 Å². The van der Waals surface area contributed by atoms with E-state index >= 15 is 0 Å². The zero-order valence-corrected chi connectivity index (χ0v) is 9.07. The van der Waals surface area contributed by atoms with Crippen LogP contribution < -0.4 is 9.47 Å². The van der Waals surface area contributed by atoms with Gasteiger partial charge in [0.1, 0.15) is 0 Å². The smallest absolute Gasteiger partial charge is 0.395 e. The molecule has 0 spiro atoms. The number of hydroxylamine groups is 2. The van der Waals surface area contributed by atoms with Crippen LogP contribution in [0.5, 0.6) is 11.5 Å². The first-order valence-electron chi connectivity index (χ1n) is 4.65. The zero-order valence-electron chi connectivity index (χ0n) is 9.07. The van der Waals surface area contributed by atoms with Gasteiger partial charge in [0.15, 0.2) is 11.5 Å². The summed E-state index contributed by atoms with van der Waals surface area (Å²) in [5.41, 5.74) is -0.0518. The number of hydrogen-bond donors (Lipinski definition) is 0. The molecule has 1 amide bonds. The number of hydrogen-bond acceptors (Lipinski definition) is 4. The van der Waals surface area contributed by atoms with Crippen molar-refractivity contribution in [3.63, 3.8) is 0 Å². The summed E-state index contributed by atoms with van der Waals surface area (Å²) >= 11 is 0. The van der Waals surface area contributed by atoms with Gasteiger partial charge in [0.2, 0.25) is 0 Å². The van der Waals surface area contributed by atoms with Crippen LogP contribution in [0.3, 0.4) is 0 Å². The molecule has 2 rings (SSSR count). The van der Waals surface area contributed by atoms with E-state index in [0.29, 0.717) is 0 Å². The quantitative estimate of drug-likeness (QED) is 0.743. The number of alkyl halides is 2. The number of amides is 1. The molecule has 0 saturated carbocycles. The maximum Gasteiger partial charge on any atom is 0.586 e. The van der Waals surface area contributed by atoms with Crippen LogP contribution in [0.1, 0.15) is 10.4 Å². The van der Waals surface area contributed by atoms with Crippen molar-refractivity contribution in [1.82, 2.24) is 5.06 Å². The Morgan fingerprint density at radius 3 is 2.76 bits per heavy atom. The molecule has 92 valence electrons. The highest BCUT2D eigenvalue weighted by molar-refractivity contribution is 5.97. The van der Waals surface area contributed by atoms with Gasteiger partial charge in [0.05, 0.1) is 12.7 Å². The lowest BCUT2D eigenvalue weighted by Crippen LogP contribution is -2.28. The molecule has 1 aromatic carbocycles. The lowest BCUT2D eigenvalue weighted by atomic mass is 10.2. The Hall–Kier alpha value is -1.89. The number of fused-ring (bicyclic) bond motifs is 1. The summed E-state index contributed by atoms with van der Waals surface area (Å²) in [5, 5.41) is 0.898. The first-order chi connectivity index (χ1) is 7.94. The molecule has 0 fully saturated rings. The van der Waals surface area contributed by atoms with E-state index < -0.39 is 12.2 Å². The maximum absolute atomic E-state index is 12.9. The standard InChI is InChI=1S/C10H9F2NO4/c1-13(15-2)9(14)6-4-3-5-7-8(6)17-10(11,12)16-7/h3-5H,1-2H3. The highest BCUT2D eigenvalue weighted by Gasteiger charge is 2.45. The van der Waals surface area contributed by atoms with Crippen LogP contribution in [0.15, 0.2) is 18.2 Å². The molecule has 5 nitrogen and oxygen atoms in total. The summed E-state index contributed by atoms with van der Waals surface area (Å²) < 4.78 is 34.2. The molecule has 0 aliphatic carbocycles. The van der Waals surface area contributed by atoms with Crippen LogP contribution in [0.2, 0.25) is 0 Å². The summed E-state index contributed by atoms with van der Waals surface area (Å²) in [5.74, 6) is -1.07. The fourth-order valence-corrected chi connectivity index (χ4v) is 1.39. The molecule has 7 heteroatoms. The first kappa shape index (κ1) is 11.6. The third-order valence-corrected chi connectivity index (χ3v) is 2.22. The predicted molar refractivity (Wildman–Crippen MR) is 51.7 cm³/mol. The van der Waals surface area contributed by atoms with Crippen LogP contribution in [-0.4, -0.2) is 31.4 Å². The monoisotopic (exact) mass is 245 g/mol. The normalized spacial score (nSPS) is 15.8. The van der Waals surface area contributed by atoms with Crippen molar-refractivity contribution >= 4 is 5.91 Å². The summed E-state index contributed by atoms with van der Waals surface area (Å²) in [4.78, 5) is 16.4. The van der Waals surface area contributed by atoms with Gasteiger partial charge in [-0.25, -0.2) is 5.06 Å². The molecule has 0 N–H and O–H groups in total. The molecule has 1 heterocycles. The third kappa shape index (κ3) is 2.01. The Bertz CT molecular complexity index is 464. The Morgan fingerprint density at radius 2 is 2.12 bits per heavy atom. The van der Waals surface area contributed by atoms with Crippen molar-refractivity contribution in [3.05, 3.63) is 23.8 Å². The molecule has 0 unspecified atom stereocenters. The van der Waals surface area contributed by atoms with E-state index in [1.54, 1.807) is 0 Å². The number of ether oxygens (including phenoxy) is 2. The molecular formula is C10H9F2NO4. The molecule has 17 heavy (non-hydrogen) atoms. The van der Waals surface area contributed by atoms with E-state index in [1.165, 1.54) is 32.4 Å². The van der Waals surface area contributed by atoms with E-state index in [0.717, 1.165) is 5.06 Å². The van der Waals surface area contributed by atoms with E-state index in [-0.39, 0.29) is 17.1 Å². The number of benzene rings is 1. The summed E-state index contributed by atoms with van der Waals surface area (Å²) in [6.45, 7) is 0. The van der Waals surface area contributed by atoms with Gasteiger partial charge in [-0.1, -0.05) is 6.07 Å². The highest BCUT2D eigenvalue weighted by atomic mass is 19.3.